The van der Waals surface area contributed by atoms with Crippen LogP contribution in [0.1, 0.15) is 24.0 Å². The number of carbonyl (C=O) groups is 1. The number of hydrogen-bond acceptors (Lipinski definition) is 5. The standard InChI is InChI=1S/C20H24N4O5S/c21-24-22-12-4-5-13-28-18-10-8-16(9-11-18)14-19(23-30(26)27)20(25)29-15-17-6-2-1-3-7-17/h1-3,6-11,19,23H,4-5,12-15H2,(H,26,27)/t19-/m0/s1. The SMILES string of the molecule is [N-]=[N+]=NCCCCOc1ccc(C[C@H](NS(=O)O)C(=O)OCc2ccccc2)cc1. The molecule has 30 heavy (non-hydrogen) atoms. The lowest BCUT2D eigenvalue weighted by atomic mass is 10.1. The second kappa shape index (κ2) is 13.3. The van der Waals surface area contributed by atoms with E-state index in [1.165, 1.54) is 0 Å². The van der Waals surface area contributed by atoms with E-state index in [0.717, 1.165) is 24.0 Å². The molecule has 2 aromatic carbocycles. The Morgan fingerprint density at radius 3 is 2.53 bits per heavy atom. The van der Waals surface area contributed by atoms with Crippen molar-refractivity contribution >= 4 is 17.2 Å². The van der Waals surface area contributed by atoms with Gasteiger partial charge in [-0.2, -0.15) is 4.72 Å². The fourth-order valence-electron chi connectivity index (χ4n) is 2.60. The summed E-state index contributed by atoms with van der Waals surface area (Å²) in [6.07, 6.45) is 1.70. The minimum Gasteiger partial charge on any atom is -0.494 e. The highest BCUT2D eigenvalue weighted by atomic mass is 32.2. The number of ether oxygens (including phenoxy) is 2. The molecule has 2 atom stereocenters. The number of carbonyl (C=O) groups excluding carboxylic acids is 1. The predicted octanol–water partition coefficient (Wildman–Crippen LogP) is 3.54. The van der Waals surface area contributed by atoms with Crippen LogP contribution in [0.5, 0.6) is 5.75 Å². The maximum atomic E-state index is 12.4. The van der Waals surface area contributed by atoms with Crippen molar-refractivity contribution < 1.29 is 23.0 Å². The molecule has 9 nitrogen and oxygen atoms in total. The van der Waals surface area contributed by atoms with Gasteiger partial charge in [0.15, 0.2) is 0 Å². The summed E-state index contributed by atoms with van der Waals surface area (Å²) in [6.45, 7) is 1.03. The molecule has 0 saturated carbocycles. The molecule has 2 aromatic rings. The molecule has 0 fully saturated rings. The largest absolute Gasteiger partial charge is 0.494 e. The second-order valence-electron chi connectivity index (χ2n) is 6.37. The Balaban J connectivity index is 1.86. The monoisotopic (exact) mass is 432 g/mol. The van der Waals surface area contributed by atoms with Crippen LogP contribution in [-0.4, -0.2) is 33.9 Å². The molecule has 0 radical (unpaired) electrons. The Morgan fingerprint density at radius 2 is 1.87 bits per heavy atom. The van der Waals surface area contributed by atoms with Gasteiger partial charge < -0.3 is 9.47 Å². The molecule has 0 amide bonds. The second-order valence-corrected chi connectivity index (χ2v) is 7.11. The fraction of sp³-hybridized carbons (Fsp3) is 0.350. The third-order valence-corrected chi connectivity index (χ3v) is 4.59. The first-order valence-electron chi connectivity index (χ1n) is 9.38. The van der Waals surface area contributed by atoms with Crippen LogP contribution in [-0.2, 0) is 33.8 Å². The first-order valence-corrected chi connectivity index (χ1v) is 10.5. The average molecular weight is 433 g/mol. The summed E-state index contributed by atoms with van der Waals surface area (Å²) in [5, 5.41) is 3.46. The van der Waals surface area contributed by atoms with Gasteiger partial charge in [0.2, 0.25) is 11.3 Å². The van der Waals surface area contributed by atoms with E-state index in [1.807, 2.05) is 30.3 Å². The molecule has 0 aromatic heterocycles. The minimum atomic E-state index is -2.36. The van der Waals surface area contributed by atoms with Crippen LogP contribution in [0.3, 0.4) is 0 Å². The van der Waals surface area contributed by atoms with E-state index in [-0.39, 0.29) is 13.0 Å². The topological polar surface area (TPSA) is 134 Å². The number of unbranched alkanes of at least 4 members (excludes halogenated alkanes) is 1. The van der Waals surface area contributed by atoms with E-state index in [4.69, 9.17) is 19.6 Å². The molecule has 0 aliphatic heterocycles. The van der Waals surface area contributed by atoms with E-state index in [0.29, 0.717) is 18.9 Å². The maximum absolute atomic E-state index is 12.4. The lowest BCUT2D eigenvalue weighted by molar-refractivity contribution is -0.147. The van der Waals surface area contributed by atoms with E-state index in [2.05, 4.69) is 14.7 Å². The summed E-state index contributed by atoms with van der Waals surface area (Å²) < 4.78 is 33.6. The zero-order chi connectivity index (χ0) is 21.6. The minimum absolute atomic E-state index is 0.0857. The molecule has 2 rings (SSSR count). The fourth-order valence-corrected chi connectivity index (χ4v) is 3.02. The van der Waals surface area contributed by atoms with Gasteiger partial charge in [-0.05, 0) is 48.1 Å². The van der Waals surface area contributed by atoms with Crippen LogP contribution in [0.2, 0.25) is 0 Å². The highest BCUT2D eigenvalue weighted by Gasteiger charge is 2.22. The van der Waals surface area contributed by atoms with Gasteiger partial charge >= 0.3 is 5.97 Å². The van der Waals surface area contributed by atoms with E-state index < -0.39 is 23.3 Å². The first kappa shape index (κ1) is 23.4. The molecular weight excluding hydrogens is 408 g/mol. The van der Waals surface area contributed by atoms with E-state index >= 15 is 0 Å². The summed E-state index contributed by atoms with van der Waals surface area (Å²) in [6, 6.07) is 15.3. The van der Waals surface area contributed by atoms with Crippen molar-refractivity contribution in [3.05, 3.63) is 76.2 Å². The third-order valence-electron chi connectivity index (χ3n) is 4.10. The number of nitrogens with zero attached hydrogens (tertiary/aromatic N) is 3. The normalized spacial score (nSPS) is 12.4. The zero-order valence-corrected chi connectivity index (χ0v) is 17.2. The summed E-state index contributed by atoms with van der Waals surface area (Å²) in [5.41, 5.74) is 9.83. The van der Waals surface area contributed by atoms with Gasteiger partial charge in [-0.15, -0.1) is 0 Å². The Bertz CT molecular complexity index is 857. The Kier molecular flexibility index (Phi) is 10.4. The van der Waals surface area contributed by atoms with Gasteiger partial charge in [-0.3, -0.25) is 9.35 Å². The highest BCUT2D eigenvalue weighted by Crippen LogP contribution is 2.15. The lowest BCUT2D eigenvalue weighted by Crippen LogP contribution is -2.40. The summed E-state index contributed by atoms with van der Waals surface area (Å²) in [5.74, 6) is 0.0611. The zero-order valence-electron chi connectivity index (χ0n) is 16.3. The Morgan fingerprint density at radius 1 is 1.13 bits per heavy atom. The van der Waals surface area contributed by atoms with Crippen molar-refractivity contribution in [3.63, 3.8) is 0 Å². The number of hydrogen-bond donors (Lipinski definition) is 2. The molecule has 0 aliphatic rings. The van der Waals surface area contributed by atoms with Crippen LogP contribution < -0.4 is 9.46 Å². The molecule has 0 saturated heterocycles. The van der Waals surface area contributed by atoms with Crippen molar-refractivity contribution in [2.45, 2.75) is 31.9 Å². The van der Waals surface area contributed by atoms with Gasteiger partial charge in [0.05, 0.1) is 6.61 Å². The van der Waals surface area contributed by atoms with Gasteiger partial charge in [0.25, 0.3) is 0 Å². The lowest BCUT2D eigenvalue weighted by Gasteiger charge is -2.16. The summed E-state index contributed by atoms with van der Waals surface area (Å²) in [7, 11) is 0. The molecule has 2 N–H and O–H groups in total. The van der Waals surface area contributed by atoms with Crippen LogP contribution in [0.25, 0.3) is 10.4 Å². The van der Waals surface area contributed by atoms with Crippen molar-refractivity contribution in [1.29, 1.82) is 0 Å². The quantitative estimate of drug-likeness (QED) is 0.125. The summed E-state index contributed by atoms with van der Waals surface area (Å²) in [4.78, 5) is 15.1. The van der Waals surface area contributed by atoms with Crippen molar-refractivity contribution in [1.82, 2.24) is 4.72 Å². The van der Waals surface area contributed by atoms with Crippen molar-refractivity contribution in [2.75, 3.05) is 13.2 Å². The smallest absolute Gasteiger partial charge is 0.324 e. The average Bonchev–Trinajstić information content (AvgIpc) is 2.75. The molecular formula is C20H24N4O5S. The van der Waals surface area contributed by atoms with Gasteiger partial charge in [-0.25, -0.2) is 4.21 Å². The van der Waals surface area contributed by atoms with Crippen molar-refractivity contribution in [3.8, 4) is 5.75 Å². The predicted molar refractivity (Wildman–Crippen MR) is 113 cm³/mol. The number of rotatable bonds is 13. The van der Waals surface area contributed by atoms with Crippen LogP contribution in [0.15, 0.2) is 59.7 Å². The summed E-state index contributed by atoms with van der Waals surface area (Å²) >= 11 is -2.36. The number of nitrogens with one attached hydrogen (secondary N) is 1. The number of esters is 1. The Hall–Kier alpha value is -2.91. The van der Waals surface area contributed by atoms with E-state index in [1.54, 1.807) is 24.3 Å². The van der Waals surface area contributed by atoms with Crippen LogP contribution in [0.4, 0.5) is 0 Å². The van der Waals surface area contributed by atoms with Gasteiger partial charge in [-0.1, -0.05) is 47.6 Å². The molecule has 0 aliphatic carbocycles. The molecule has 10 heteroatoms. The van der Waals surface area contributed by atoms with Gasteiger partial charge in [0, 0.05) is 11.5 Å². The first-order chi connectivity index (χ1) is 14.6. The molecule has 0 bridgehead atoms. The number of benzene rings is 2. The van der Waals surface area contributed by atoms with Crippen LogP contribution in [0, 0.1) is 0 Å². The number of azide groups is 1. The Labute approximate surface area is 177 Å². The maximum Gasteiger partial charge on any atom is 0.324 e. The van der Waals surface area contributed by atoms with Gasteiger partial charge in [0.1, 0.15) is 18.4 Å². The molecule has 1 unspecified atom stereocenters. The van der Waals surface area contributed by atoms with Crippen molar-refractivity contribution in [2.24, 2.45) is 5.11 Å². The molecule has 0 spiro atoms. The molecule has 0 heterocycles. The highest BCUT2D eigenvalue weighted by molar-refractivity contribution is 7.77. The third kappa shape index (κ3) is 9.06. The van der Waals surface area contributed by atoms with Crippen LogP contribution >= 0.6 is 0 Å². The molecule has 160 valence electrons. The van der Waals surface area contributed by atoms with E-state index in [9.17, 15) is 9.00 Å².